The van der Waals surface area contributed by atoms with Crippen LogP contribution < -0.4 is 9.62 Å². The fraction of sp³-hybridized carbons (Fsp3) is 0.316. The monoisotopic (exact) mass is 376 g/mol. The van der Waals surface area contributed by atoms with Crippen molar-refractivity contribution >= 4 is 21.6 Å². The minimum Gasteiger partial charge on any atom is -0.383 e. The van der Waals surface area contributed by atoms with E-state index in [1.165, 1.54) is 12.1 Å². The lowest BCUT2D eigenvalue weighted by Crippen LogP contribution is -2.44. The molecule has 0 fully saturated rings. The molecule has 0 aliphatic carbocycles. The van der Waals surface area contributed by atoms with Crippen molar-refractivity contribution in [1.82, 2.24) is 5.32 Å². The van der Waals surface area contributed by atoms with Crippen LogP contribution in [-0.2, 0) is 19.6 Å². The number of carbonyl (C=O) groups is 1. The summed E-state index contributed by atoms with van der Waals surface area (Å²) in [4.78, 5) is 12.6. The van der Waals surface area contributed by atoms with Crippen LogP contribution in [0.3, 0.4) is 0 Å². The lowest BCUT2D eigenvalue weighted by Gasteiger charge is -2.26. The summed E-state index contributed by atoms with van der Waals surface area (Å²) >= 11 is 0. The average molecular weight is 376 g/mol. The van der Waals surface area contributed by atoms with Gasteiger partial charge in [-0.3, -0.25) is 9.10 Å². The van der Waals surface area contributed by atoms with Crippen molar-refractivity contribution < 1.29 is 17.9 Å². The van der Waals surface area contributed by atoms with E-state index in [1.807, 2.05) is 19.1 Å². The van der Waals surface area contributed by atoms with Crippen LogP contribution in [0.5, 0.6) is 0 Å². The molecule has 140 valence electrons. The van der Waals surface area contributed by atoms with Gasteiger partial charge in [0.15, 0.2) is 0 Å². The van der Waals surface area contributed by atoms with Gasteiger partial charge >= 0.3 is 0 Å². The fourth-order valence-corrected chi connectivity index (χ4v) is 4.11. The zero-order valence-electron chi connectivity index (χ0n) is 15.2. The number of hydrogen-bond acceptors (Lipinski definition) is 4. The summed E-state index contributed by atoms with van der Waals surface area (Å²) in [5, 5.41) is 2.75. The number of nitrogens with zero attached hydrogens (tertiary/aromatic N) is 1. The molecule has 0 spiro atoms. The van der Waals surface area contributed by atoms with E-state index in [9.17, 15) is 13.2 Å². The van der Waals surface area contributed by atoms with Gasteiger partial charge in [0, 0.05) is 13.2 Å². The Morgan fingerprint density at radius 1 is 1.12 bits per heavy atom. The second kappa shape index (κ2) is 8.82. The molecule has 7 heteroatoms. The van der Waals surface area contributed by atoms with E-state index in [0.717, 1.165) is 9.87 Å². The van der Waals surface area contributed by atoms with Crippen molar-refractivity contribution in [3.05, 3.63) is 60.2 Å². The summed E-state index contributed by atoms with van der Waals surface area (Å²) in [6, 6.07) is 15.0. The van der Waals surface area contributed by atoms with Gasteiger partial charge in [0.05, 0.1) is 17.2 Å². The Labute approximate surface area is 154 Å². The first-order valence-corrected chi connectivity index (χ1v) is 9.72. The number of amides is 1. The third-order valence-electron chi connectivity index (χ3n) is 3.83. The highest BCUT2D eigenvalue weighted by Crippen LogP contribution is 2.26. The Balaban J connectivity index is 2.38. The van der Waals surface area contributed by atoms with Crippen LogP contribution in [0.15, 0.2) is 59.5 Å². The van der Waals surface area contributed by atoms with Crippen LogP contribution in [-0.4, -0.2) is 40.6 Å². The summed E-state index contributed by atoms with van der Waals surface area (Å²) in [6.45, 7) is 3.65. The zero-order chi connectivity index (χ0) is 19.2. The second-order valence-corrected chi connectivity index (χ2v) is 7.90. The highest BCUT2D eigenvalue weighted by atomic mass is 32.2. The molecular weight excluding hydrogens is 352 g/mol. The van der Waals surface area contributed by atoms with E-state index in [0.29, 0.717) is 12.3 Å². The predicted octanol–water partition coefficient (Wildman–Crippen LogP) is 2.34. The van der Waals surface area contributed by atoms with Crippen molar-refractivity contribution in [2.24, 2.45) is 0 Å². The quantitative estimate of drug-likeness (QED) is 0.767. The molecule has 0 heterocycles. The third kappa shape index (κ3) is 4.83. The fourth-order valence-electron chi connectivity index (χ4n) is 2.61. The number of para-hydroxylation sites is 1. The molecule has 0 bridgehead atoms. The minimum absolute atomic E-state index is 0.140. The maximum Gasteiger partial charge on any atom is 0.264 e. The number of nitrogens with one attached hydrogen (secondary N) is 1. The number of methoxy groups -OCH3 is 1. The van der Waals surface area contributed by atoms with Crippen molar-refractivity contribution in [3.8, 4) is 0 Å². The van der Waals surface area contributed by atoms with Gasteiger partial charge in [-0.1, -0.05) is 36.4 Å². The summed E-state index contributed by atoms with van der Waals surface area (Å²) in [7, 11) is -2.33. The molecule has 0 aliphatic heterocycles. The first-order valence-electron chi connectivity index (χ1n) is 8.28. The molecule has 1 N–H and O–H groups in total. The molecule has 26 heavy (non-hydrogen) atoms. The first kappa shape index (κ1) is 19.9. The second-order valence-electron chi connectivity index (χ2n) is 6.04. The Kier molecular flexibility index (Phi) is 6.76. The van der Waals surface area contributed by atoms with Gasteiger partial charge in [0.1, 0.15) is 6.54 Å². The number of sulfonamides is 1. The van der Waals surface area contributed by atoms with Gasteiger partial charge in [0.2, 0.25) is 5.91 Å². The van der Waals surface area contributed by atoms with Crippen molar-refractivity contribution in [1.29, 1.82) is 0 Å². The normalized spacial score (nSPS) is 12.4. The number of anilines is 1. The molecule has 2 aromatic carbocycles. The topological polar surface area (TPSA) is 75.7 Å². The number of rotatable bonds is 8. The summed E-state index contributed by atoms with van der Waals surface area (Å²) in [5.41, 5.74) is 1.25. The van der Waals surface area contributed by atoms with Gasteiger partial charge in [-0.25, -0.2) is 8.42 Å². The van der Waals surface area contributed by atoms with Gasteiger partial charge in [-0.15, -0.1) is 0 Å². The van der Waals surface area contributed by atoms with Crippen LogP contribution in [0.25, 0.3) is 0 Å². The van der Waals surface area contributed by atoms with Crippen LogP contribution in [0.1, 0.15) is 12.5 Å². The molecule has 2 aromatic rings. The molecule has 6 nitrogen and oxygen atoms in total. The molecule has 1 atom stereocenters. The molecule has 0 aromatic heterocycles. The maximum absolute atomic E-state index is 13.2. The van der Waals surface area contributed by atoms with E-state index in [-0.39, 0.29) is 17.5 Å². The highest BCUT2D eigenvalue weighted by molar-refractivity contribution is 7.92. The molecule has 1 amide bonds. The third-order valence-corrected chi connectivity index (χ3v) is 5.60. The first-order chi connectivity index (χ1) is 12.4. The molecule has 0 unspecified atom stereocenters. The SMILES string of the molecule is COC[C@H](C)NC(=O)CN(c1ccccc1C)S(=O)(=O)c1ccccc1. The summed E-state index contributed by atoms with van der Waals surface area (Å²) in [5.74, 6) is -0.391. The van der Waals surface area contributed by atoms with Gasteiger partial charge < -0.3 is 10.1 Å². The maximum atomic E-state index is 13.2. The Bertz CT molecular complexity index is 838. The van der Waals surface area contributed by atoms with E-state index in [1.54, 1.807) is 44.4 Å². The Morgan fingerprint density at radius 2 is 1.73 bits per heavy atom. The van der Waals surface area contributed by atoms with Gasteiger partial charge in [-0.05, 0) is 37.6 Å². The molecule has 0 aliphatic rings. The lowest BCUT2D eigenvalue weighted by molar-refractivity contribution is -0.120. The number of aryl methyl sites for hydroxylation is 1. The van der Waals surface area contributed by atoms with Crippen molar-refractivity contribution in [2.45, 2.75) is 24.8 Å². The lowest BCUT2D eigenvalue weighted by atomic mass is 10.2. The summed E-state index contributed by atoms with van der Waals surface area (Å²) < 4.78 is 32.5. The Morgan fingerprint density at radius 3 is 2.35 bits per heavy atom. The number of hydrogen-bond donors (Lipinski definition) is 1. The average Bonchev–Trinajstić information content (AvgIpc) is 2.61. The van der Waals surface area contributed by atoms with Crippen LogP contribution in [0.2, 0.25) is 0 Å². The molecule has 0 saturated carbocycles. The highest BCUT2D eigenvalue weighted by Gasteiger charge is 2.28. The van der Waals surface area contributed by atoms with Crippen molar-refractivity contribution in [3.63, 3.8) is 0 Å². The molecule has 2 rings (SSSR count). The van der Waals surface area contributed by atoms with E-state index in [2.05, 4.69) is 5.32 Å². The van der Waals surface area contributed by atoms with E-state index in [4.69, 9.17) is 4.74 Å². The zero-order valence-corrected chi connectivity index (χ0v) is 16.0. The van der Waals surface area contributed by atoms with E-state index >= 15 is 0 Å². The van der Waals surface area contributed by atoms with Crippen molar-refractivity contribution in [2.75, 3.05) is 24.6 Å². The standard InChI is InChI=1S/C19H24N2O4S/c1-15-9-7-8-12-18(15)21(13-19(22)20-16(2)14-25-3)26(23,24)17-10-5-4-6-11-17/h4-12,16H,13-14H2,1-3H3,(H,20,22)/t16-/m0/s1. The van der Waals surface area contributed by atoms with Crippen LogP contribution in [0.4, 0.5) is 5.69 Å². The Hall–Kier alpha value is -2.38. The molecular formula is C19H24N2O4S. The molecule has 0 radical (unpaired) electrons. The van der Waals surface area contributed by atoms with E-state index < -0.39 is 15.9 Å². The largest absolute Gasteiger partial charge is 0.383 e. The minimum atomic E-state index is -3.88. The van der Waals surface area contributed by atoms with Crippen LogP contribution >= 0.6 is 0 Å². The number of carbonyl (C=O) groups excluding carboxylic acids is 1. The number of benzene rings is 2. The smallest absolute Gasteiger partial charge is 0.264 e. The molecule has 0 saturated heterocycles. The van der Waals surface area contributed by atoms with Gasteiger partial charge in [0.25, 0.3) is 10.0 Å². The number of ether oxygens (including phenoxy) is 1. The predicted molar refractivity (Wildman–Crippen MR) is 102 cm³/mol. The van der Waals surface area contributed by atoms with Gasteiger partial charge in [-0.2, -0.15) is 0 Å². The van der Waals surface area contributed by atoms with Crippen LogP contribution in [0, 0.1) is 6.92 Å². The summed E-state index contributed by atoms with van der Waals surface area (Å²) in [6.07, 6.45) is 0.